The van der Waals surface area contributed by atoms with E-state index < -0.39 is 12.0 Å². The lowest BCUT2D eigenvalue weighted by Gasteiger charge is -2.14. The van der Waals surface area contributed by atoms with E-state index >= 15 is 0 Å². The van der Waals surface area contributed by atoms with Crippen LogP contribution in [0, 0.1) is 11.3 Å². The van der Waals surface area contributed by atoms with Crippen LogP contribution in [0.25, 0.3) is 0 Å². The van der Waals surface area contributed by atoms with E-state index in [1.165, 1.54) is 7.11 Å². The van der Waals surface area contributed by atoms with Crippen LogP contribution in [0.15, 0.2) is 24.3 Å². The first kappa shape index (κ1) is 12.0. The molecule has 0 aliphatic carbocycles. The van der Waals surface area contributed by atoms with Crippen LogP contribution in [0.2, 0.25) is 0 Å². The van der Waals surface area contributed by atoms with E-state index in [9.17, 15) is 4.79 Å². The lowest BCUT2D eigenvalue weighted by Crippen LogP contribution is -2.33. The van der Waals surface area contributed by atoms with Gasteiger partial charge in [0.1, 0.15) is 6.04 Å². The van der Waals surface area contributed by atoms with Gasteiger partial charge in [-0.2, -0.15) is 5.26 Å². The molecule has 1 atom stereocenters. The molecule has 5 heteroatoms. The second-order valence-corrected chi connectivity index (χ2v) is 3.18. The molecule has 0 saturated heterocycles. The Bertz CT molecular complexity index is 395. The van der Waals surface area contributed by atoms with Crippen molar-refractivity contribution in [3.05, 3.63) is 29.8 Å². The molecule has 1 aromatic carbocycles. The Hall–Kier alpha value is -2.06. The molecule has 16 heavy (non-hydrogen) atoms. The van der Waals surface area contributed by atoms with Gasteiger partial charge < -0.3 is 15.2 Å². The van der Waals surface area contributed by atoms with Gasteiger partial charge in [-0.05, 0) is 24.3 Å². The number of carboxylic acid groups (broad SMARTS) is 1. The predicted molar refractivity (Wildman–Crippen MR) is 58.1 cm³/mol. The zero-order valence-corrected chi connectivity index (χ0v) is 8.80. The normalized spacial score (nSPS) is 11.5. The fourth-order valence-electron chi connectivity index (χ4n) is 1.18. The number of nitrogens with zero attached hydrogens (tertiary/aromatic N) is 1. The van der Waals surface area contributed by atoms with Crippen LogP contribution in [-0.4, -0.2) is 30.8 Å². The van der Waals surface area contributed by atoms with E-state index in [0.29, 0.717) is 11.3 Å². The van der Waals surface area contributed by atoms with E-state index in [4.69, 9.17) is 15.1 Å². The molecule has 0 heterocycles. The summed E-state index contributed by atoms with van der Waals surface area (Å²) >= 11 is 0. The Labute approximate surface area is 93.3 Å². The topological polar surface area (TPSA) is 82.3 Å². The summed E-state index contributed by atoms with van der Waals surface area (Å²) in [6.45, 7) is 0.0787. The largest absolute Gasteiger partial charge is 0.480 e. The molecule has 0 aliphatic heterocycles. The molecule has 1 rings (SSSR count). The highest BCUT2D eigenvalue weighted by atomic mass is 16.5. The van der Waals surface area contributed by atoms with Gasteiger partial charge in [0.25, 0.3) is 0 Å². The van der Waals surface area contributed by atoms with Crippen molar-refractivity contribution in [3.8, 4) is 6.07 Å². The van der Waals surface area contributed by atoms with Crippen LogP contribution in [0.4, 0.5) is 5.69 Å². The minimum atomic E-state index is -0.980. The lowest BCUT2D eigenvalue weighted by molar-refractivity contribution is -0.139. The van der Waals surface area contributed by atoms with Crippen LogP contribution in [0.1, 0.15) is 5.56 Å². The summed E-state index contributed by atoms with van der Waals surface area (Å²) < 4.78 is 4.79. The van der Waals surface area contributed by atoms with Gasteiger partial charge in [0.05, 0.1) is 18.2 Å². The molecule has 0 saturated carbocycles. The van der Waals surface area contributed by atoms with Gasteiger partial charge in [-0.1, -0.05) is 0 Å². The quantitative estimate of drug-likeness (QED) is 0.775. The maximum Gasteiger partial charge on any atom is 0.328 e. The Kier molecular flexibility index (Phi) is 4.30. The third-order valence-corrected chi connectivity index (χ3v) is 1.99. The number of anilines is 1. The van der Waals surface area contributed by atoms with E-state index in [2.05, 4.69) is 5.32 Å². The van der Waals surface area contributed by atoms with Crippen molar-refractivity contribution in [2.75, 3.05) is 19.0 Å². The van der Waals surface area contributed by atoms with Crippen LogP contribution in [0.3, 0.4) is 0 Å². The van der Waals surface area contributed by atoms with Crippen LogP contribution in [0.5, 0.6) is 0 Å². The van der Waals surface area contributed by atoms with Gasteiger partial charge in [-0.15, -0.1) is 0 Å². The highest BCUT2D eigenvalue weighted by Crippen LogP contribution is 2.10. The molecular weight excluding hydrogens is 208 g/mol. The molecule has 0 amide bonds. The third kappa shape index (κ3) is 3.26. The van der Waals surface area contributed by atoms with Gasteiger partial charge in [0.15, 0.2) is 0 Å². The van der Waals surface area contributed by atoms with Crippen molar-refractivity contribution in [3.63, 3.8) is 0 Å². The lowest BCUT2D eigenvalue weighted by atomic mass is 10.2. The minimum absolute atomic E-state index is 0.0787. The zero-order valence-electron chi connectivity index (χ0n) is 8.80. The number of carboxylic acids is 1. The third-order valence-electron chi connectivity index (χ3n) is 1.99. The molecule has 5 nitrogen and oxygen atoms in total. The van der Waals surface area contributed by atoms with Crippen molar-refractivity contribution < 1.29 is 14.6 Å². The molecule has 0 fully saturated rings. The monoisotopic (exact) mass is 220 g/mol. The summed E-state index contributed by atoms with van der Waals surface area (Å²) in [6.07, 6.45) is 0. The second kappa shape index (κ2) is 5.73. The summed E-state index contributed by atoms with van der Waals surface area (Å²) in [6, 6.07) is 7.75. The molecule has 84 valence electrons. The van der Waals surface area contributed by atoms with Crippen LogP contribution >= 0.6 is 0 Å². The summed E-state index contributed by atoms with van der Waals surface area (Å²) in [5, 5.41) is 20.3. The number of nitriles is 1. The van der Waals surface area contributed by atoms with Crippen molar-refractivity contribution in [1.29, 1.82) is 5.26 Å². The van der Waals surface area contributed by atoms with E-state index in [1.807, 2.05) is 6.07 Å². The smallest absolute Gasteiger partial charge is 0.328 e. The van der Waals surface area contributed by atoms with Gasteiger partial charge in [0.2, 0.25) is 0 Å². The standard InChI is InChI=1S/C11H12N2O3/c1-16-7-10(11(14)15)13-9-4-2-8(6-12)3-5-9/h2-5,10,13H,7H2,1H3,(H,14,15). The predicted octanol–water partition coefficient (Wildman–Crippen LogP) is 1.07. The Morgan fingerprint density at radius 2 is 2.19 bits per heavy atom. The average molecular weight is 220 g/mol. The van der Waals surface area contributed by atoms with Crippen molar-refractivity contribution in [2.45, 2.75) is 6.04 Å². The molecule has 0 aliphatic rings. The number of benzene rings is 1. The second-order valence-electron chi connectivity index (χ2n) is 3.18. The number of aliphatic carboxylic acids is 1. The maximum atomic E-state index is 10.8. The fourth-order valence-corrected chi connectivity index (χ4v) is 1.18. The maximum absolute atomic E-state index is 10.8. The highest BCUT2D eigenvalue weighted by molar-refractivity contribution is 5.77. The zero-order chi connectivity index (χ0) is 12.0. The first-order valence-electron chi connectivity index (χ1n) is 4.66. The molecule has 1 aromatic rings. The van der Waals surface area contributed by atoms with Gasteiger partial charge in [-0.3, -0.25) is 0 Å². The van der Waals surface area contributed by atoms with Crippen molar-refractivity contribution >= 4 is 11.7 Å². The fraction of sp³-hybridized carbons (Fsp3) is 0.273. The first-order chi connectivity index (χ1) is 7.67. The van der Waals surface area contributed by atoms with Gasteiger partial charge in [0, 0.05) is 12.8 Å². The highest BCUT2D eigenvalue weighted by Gasteiger charge is 2.16. The molecule has 1 unspecified atom stereocenters. The average Bonchev–Trinajstić information content (AvgIpc) is 2.29. The number of rotatable bonds is 5. The number of nitrogens with one attached hydrogen (secondary N) is 1. The molecule has 0 spiro atoms. The first-order valence-corrected chi connectivity index (χ1v) is 4.66. The number of hydrogen-bond acceptors (Lipinski definition) is 4. The SMILES string of the molecule is COCC(Nc1ccc(C#N)cc1)C(=O)O. The molecule has 0 radical (unpaired) electrons. The van der Waals surface area contributed by atoms with E-state index in [-0.39, 0.29) is 6.61 Å². The minimum Gasteiger partial charge on any atom is -0.480 e. The van der Waals surface area contributed by atoms with Crippen molar-refractivity contribution in [1.82, 2.24) is 0 Å². The van der Waals surface area contributed by atoms with Crippen molar-refractivity contribution in [2.24, 2.45) is 0 Å². The summed E-state index contributed by atoms with van der Waals surface area (Å²) in [5.74, 6) is -0.980. The number of hydrogen-bond donors (Lipinski definition) is 2. The summed E-state index contributed by atoms with van der Waals surface area (Å²) in [5.41, 5.74) is 1.17. The Morgan fingerprint density at radius 1 is 1.56 bits per heavy atom. The molecule has 0 bridgehead atoms. The Balaban J connectivity index is 2.70. The number of carbonyl (C=O) groups is 1. The molecular formula is C11H12N2O3. The van der Waals surface area contributed by atoms with Crippen LogP contribution in [-0.2, 0) is 9.53 Å². The molecule has 0 aromatic heterocycles. The van der Waals surface area contributed by atoms with E-state index in [0.717, 1.165) is 0 Å². The summed E-state index contributed by atoms with van der Waals surface area (Å²) in [7, 11) is 1.44. The van der Waals surface area contributed by atoms with Gasteiger partial charge >= 0.3 is 5.97 Å². The number of ether oxygens (including phenoxy) is 1. The Morgan fingerprint density at radius 3 is 2.62 bits per heavy atom. The van der Waals surface area contributed by atoms with Crippen LogP contribution < -0.4 is 5.32 Å². The summed E-state index contributed by atoms with van der Waals surface area (Å²) in [4.78, 5) is 10.8. The molecule has 2 N–H and O–H groups in total. The van der Waals surface area contributed by atoms with E-state index in [1.54, 1.807) is 24.3 Å². The van der Waals surface area contributed by atoms with Gasteiger partial charge in [-0.25, -0.2) is 4.79 Å². The number of methoxy groups -OCH3 is 1.